The predicted molar refractivity (Wildman–Crippen MR) is 124 cm³/mol. The highest BCUT2D eigenvalue weighted by atomic mass is 32.2. The molecule has 0 aromatic carbocycles. The van der Waals surface area contributed by atoms with E-state index in [1.807, 2.05) is 13.8 Å². The van der Waals surface area contributed by atoms with Gasteiger partial charge in [0, 0.05) is 36.9 Å². The molecule has 3 aromatic rings. The molecule has 1 aliphatic heterocycles. The van der Waals surface area contributed by atoms with Crippen LogP contribution in [0.4, 0.5) is 14.5 Å². The van der Waals surface area contributed by atoms with Crippen molar-refractivity contribution in [2.75, 3.05) is 18.0 Å². The molecule has 34 heavy (non-hydrogen) atoms. The molecule has 2 N–H and O–H groups in total. The van der Waals surface area contributed by atoms with Gasteiger partial charge in [-0.25, -0.2) is 21.9 Å². The van der Waals surface area contributed by atoms with Crippen LogP contribution in [0, 0.1) is 5.92 Å². The Hall–Kier alpha value is -2.29. The van der Waals surface area contributed by atoms with Crippen molar-refractivity contribution in [3.63, 3.8) is 0 Å². The fourth-order valence-corrected chi connectivity index (χ4v) is 6.71. The highest BCUT2D eigenvalue weighted by Gasteiger charge is 2.49. The molecule has 2 aliphatic rings. The summed E-state index contributed by atoms with van der Waals surface area (Å²) in [6, 6.07) is 1.96. The molecule has 14 heteroatoms. The van der Waals surface area contributed by atoms with Crippen LogP contribution in [0.1, 0.15) is 45.5 Å². The van der Waals surface area contributed by atoms with Gasteiger partial charge in [-0.2, -0.15) is 0 Å². The number of pyridine rings is 1. The summed E-state index contributed by atoms with van der Waals surface area (Å²) in [5.41, 5.74) is 0.539. The lowest BCUT2D eigenvalue weighted by Gasteiger charge is -2.37. The van der Waals surface area contributed by atoms with Crippen LogP contribution in [-0.2, 0) is 10.0 Å². The molecule has 5 rings (SSSR count). The van der Waals surface area contributed by atoms with E-state index < -0.39 is 27.0 Å². The van der Waals surface area contributed by atoms with Gasteiger partial charge in [-0.1, -0.05) is 18.3 Å². The van der Waals surface area contributed by atoms with Crippen molar-refractivity contribution in [1.29, 1.82) is 0 Å². The molecule has 0 radical (unpaired) electrons. The van der Waals surface area contributed by atoms with Crippen LogP contribution in [0.5, 0.6) is 0 Å². The first-order valence-electron chi connectivity index (χ1n) is 11.0. The number of sulfonamides is 1. The standard InChI is InChI=1S/C20H26F2N8O2S2/c1-10-6-20(10,4)28-34(31,32)13-5-14(29-7-11(2)23-12(3)8-29)16-24-25-17(30(16)9-13)19-27-26-18(33-19)15(21)22/h5,9-12,15,23,28H,6-8H2,1-4H3/t10?,11-,12-,20?/m0/s1. The van der Waals surface area contributed by atoms with E-state index >= 15 is 0 Å². The molecular formula is C20H26F2N8O2S2. The highest BCUT2D eigenvalue weighted by molar-refractivity contribution is 7.89. The van der Waals surface area contributed by atoms with E-state index in [0.29, 0.717) is 35.8 Å². The number of halogens is 2. The van der Waals surface area contributed by atoms with Crippen molar-refractivity contribution in [2.24, 2.45) is 5.92 Å². The zero-order chi connectivity index (χ0) is 24.4. The minimum atomic E-state index is -3.87. The molecule has 0 bridgehead atoms. The number of nitrogens with zero attached hydrogens (tertiary/aromatic N) is 6. The Morgan fingerprint density at radius 2 is 1.85 bits per heavy atom. The van der Waals surface area contributed by atoms with Crippen molar-refractivity contribution < 1.29 is 17.2 Å². The highest BCUT2D eigenvalue weighted by Crippen LogP contribution is 2.43. The van der Waals surface area contributed by atoms with E-state index in [9.17, 15) is 17.2 Å². The van der Waals surface area contributed by atoms with Gasteiger partial charge in [0.1, 0.15) is 4.90 Å². The number of alkyl halides is 2. The fourth-order valence-electron chi connectivity index (χ4n) is 4.50. The summed E-state index contributed by atoms with van der Waals surface area (Å²) in [4.78, 5) is 2.12. The molecule has 1 saturated heterocycles. The first-order chi connectivity index (χ1) is 16.0. The maximum atomic E-state index is 13.4. The van der Waals surface area contributed by atoms with Gasteiger partial charge < -0.3 is 10.2 Å². The number of nitrogens with one attached hydrogen (secondary N) is 2. The number of anilines is 1. The molecule has 1 saturated carbocycles. The molecule has 0 spiro atoms. The maximum absolute atomic E-state index is 13.4. The van der Waals surface area contributed by atoms with Crippen molar-refractivity contribution in [1.82, 2.24) is 34.8 Å². The lowest BCUT2D eigenvalue weighted by Crippen LogP contribution is -2.54. The van der Waals surface area contributed by atoms with Gasteiger partial charge in [0.15, 0.2) is 21.5 Å². The van der Waals surface area contributed by atoms with Crippen molar-refractivity contribution in [2.45, 2.75) is 63.1 Å². The van der Waals surface area contributed by atoms with Crippen molar-refractivity contribution in [3.05, 3.63) is 17.3 Å². The molecule has 4 atom stereocenters. The zero-order valence-electron chi connectivity index (χ0n) is 19.2. The molecule has 2 unspecified atom stereocenters. The monoisotopic (exact) mass is 512 g/mol. The lowest BCUT2D eigenvalue weighted by atomic mass is 10.1. The van der Waals surface area contributed by atoms with Gasteiger partial charge in [-0.05, 0) is 39.2 Å². The molecule has 1 aliphatic carbocycles. The Morgan fingerprint density at radius 3 is 2.44 bits per heavy atom. The van der Waals surface area contributed by atoms with Crippen LogP contribution in [-0.4, -0.2) is 63.9 Å². The fraction of sp³-hybridized carbons (Fsp3) is 0.600. The molecule has 4 heterocycles. The Kier molecular flexibility index (Phi) is 5.61. The molecule has 0 amide bonds. The summed E-state index contributed by atoms with van der Waals surface area (Å²) in [5.74, 6) is 0.403. The van der Waals surface area contributed by atoms with Crippen LogP contribution in [0.25, 0.3) is 16.5 Å². The van der Waals surface area contributed by atoms with Crippen LogP contribution >= 0.6 is 11.3 Å². The second-order valence-electron chi connectivity index (χ2n) is 9.53. The third-order valence-electron chi connectivity index (χ3n) is 6.51. The molecule has 184 valence electrons. The largest absolute Gasteiger partial charge is 0.365 e. The number of fused-ring (bicyclic) bond motifs is 1. The quantitative estimate of drug-likeness (QED) is 0.517. The third-order valence-corrected chi connectivity index (χ3v) is 9.02. The topological polar surface area (TPSA) is 117 Å². The molecule has 2 fully saturated rings. The van der Waals surface area contributed by atoms with Gasteiger partial charge in [-0.3, -0.25) is 4.40 Å². The Labute approximate surface area is 199 Å². The van der Waals surface area contributed by atoms with E-state index in [2.05, 4.69) is 49.2 Å². The van der Waals surface area contributed by atoms with Crippen LogP contribution < -0.4 is 14.9 Å². The number of aromatic nitrogens is 5. The van der Waals surface area contributed by atoms with E-state index in [1.54, 1.807) is 6.07 Å². The Morgan fingerprint density at radius 1 is 1.18 bits per heavy atom. The average molecular weight is 513 g/mol. The summed E-state index contributed by atoms with van der Waals surface area (Å²) >= 11 is 0.705. The Bertz CT molecular complexity index is 1330. The summed E-state index contributed by atoms with van der Waals surface area (Å²) in [6.07, 6.45) is -0.579. The van der Waals surface area contributed by atoms with E-state index in [-0.39, 0.29) is 33.7 Å². The maximum Gasteiger partial charge on any atom is 0.291 e. The molecular weight excluding hydrogens is 486 g/mol. The number of hydrogen-bond donors (Lipinski definition) is 2. The summed E-state index contributed by atoms with van der Waals surface area (Å²) in [5, 5.41) is 19.0. The van der Waals surface area contributed by atoms with Gasteiger partial charge in [-0.15, -0.1) is 20.4 Å². The predicted octanol–water partition coefficient (Wildman–Crippen LogP) is 2.45. The van der Waals surface area contributed by atoms with Gasteiger partial charge in [0.2, 0.25) is 10.0 Å². The SMILES string of the molecule is CC1CC1(C)NS(=O)(=O)c1cc(N2C[C@H](C)N[C@@H](C)C2)c2nnc(-c3nnc(C(F)F)s3)n2c1. The summed E-state index contributed by atoms with van der Waals surface area (Å²) < 4.78 is 57.3. The second kappa shape index (κ2) is 8.14. The minimum Gasteiger partial charge on any atom is -0.365 e. The second-order valence-corrected chi connectivity index (χ2v) is 12.2. The zero-order valence-corrected chi connectivity index (χ0v) is 20.8. The molecule has 3 aromatic heterocycles. The van der Waals surface area contributed by atoms with Crippen LogP contribution in [0.15, 0.2) is 17.2 Å². The Balaban J connectivity index is 1.66. The van der Waals surface area contributed by atoms with E-state index in [1.165, 1.54) is 10.6 Å². The van der Waals surface area contributed by atoms with Gasteiger partial charge >= 0.3 is 0 Å². The van der Waals surface area contributed by atoms with Crippen molar-refractivity contribution >= 4 is 32.7 Å². The number of hydrogen-bond acceptors (Lipinski definition) is 9. The molecule has 10 nitrogen and oxygen atoms in total. The third kappa shape index (κ3) is 4.16. The number of rotatable bonds is 6. The first kappa shape index (κ1) is 23.5. The van der Waals surface area contributed by atoms with Crippen LogP contribution in [0.3, 0.4) is 0 Å². The summed E-state index contributed by atoms with van der Waals surface area (Å²) in [7, 11) is -3.87. The van der Waals surface area contributed by atoms with Gasteiger partial charge in [0.25, 0.3) is 6.43 Å². The van der Waals surface area contributed by atoms with Crippen LogP contribution in [0.2, 0.25) is 0 Å². The van der Waals surface area contributed by atoms with E-state index in [0.717, 1.165) is 6.42 Å². The number of piperazine rings is 1. The summed E-state index contributed by atoms with van der Waals surface area (Å²) in [6.45, 7) is 9.27. The minimum absolute atomic E-state index is 0.0498. The average Bonchev–Trinajstić information content (AvgIpc) is 3.15. The van der Waals surface area contributed by atoms with E-state index in [4.69, 9.17) is 0 Å². The smallest absolute Gasteiger partial charge is 0.291 e. The first-order valence-corrected chi connectivity index (χ1v) is 13.3. The van der Waals surface area contributed by atoms with Gasteiger partial charge in [0.05, 0.1) is 5.69 Å². The normalized spacial score (nSPS) is 27.6. The lowest BCUT2D eigenvalue weighted by molar-refractivity contribution is 0.150. The van der Waals surface area contributed by atoms with Crippen molar-refractivity contribution in [3.8, 4) is 10.8 Å².